The SMILES string of the molecule is COc1ccc(NC(=O)c2cc(-c3ccc(F)cc3F)ccc2O)cc1OC. The molecule has 0 saturated carbocycles. The number of nitrogens with one attached hydrogen (secondary N) is 1. The highest BCUT2D eigenvalue weighted by atomic mass is 19.1. The summed E-state index contributed by atoms with van der Waals surface area (Å²) in [5, 5.41) is 12.7. The quantitative estimate of drug-likeness (QED) is 0.673. The molecule has 144 valence electrons. The Morgan fingerprint density at radius 3 is 2.36 bits per heavy atom. The minimum absolute atomic E-state index is 0.0593. The van der Waals surface area contributed by atoms with Crippen LogP contribution in [0.4, 0.5) is 14.5 Å². The van der Waals surface area contributed by atoms with Crippen LogP contribution in [0.15, 0.2) is 54.6 Å². The third kappa shape index (κ3) is 3.88. The first-order valence-electron chi connectivity index (χ1n) is 8.24. The number of carbonyl (C=O) groups excluding carboxylic acids is 1. The molecule has 0 aromatic heterocycles. The van der Waals surface area contributed by atoms with Crippen molar-refractivity contribution >= 4 is 11.6 Å². The van der Waals surface area contributed by atoms with Gasteiger partial charge in [-0.2, -0.15) is 0 Å². The molecular weight excluding hydrogens is 368 g/mol. The third-order valence-corrected chi connectivity index (χ3v) is 4.12. The van der Waals surface area contributed by atoms with Crippen molar-refractivity contribution in [2.24, 2.45) is 0 Å². The Hall–Kier alpha value is -3.61. The largest absolute Gasteiger partial charge is 0.507 e. The summed E-state index contributed by atoms with van der Waals surface area (Å²) in [4.78, 5) is 12.6. The van der Waals surface area contributed by atoms with Gasteiger partial charge in [-0.15, -0.1) is 0 Å². The Kier molecular flexibility index (Phi) is 5.44. The second-order valence-electron chi connectivity index (χ2n) is 5.88. The van der Waals surface area contributed by atoms with E-state index < -0.39 is 17.5 Å². The van der Waals surface area contributed by atoms with Crippen LogP contribution in [0.2, 0.25) is 0 Å². The number of ether oxygens (including phenoxy) is 2. The van der Waals surface area contributed by atoms with Crippen LogP contribution in [0.1, 0.15) is 10.4 Å². The average molecular weight is 385 g/mol. The van der Waals surface area contributed by atoms with Crippen LogP contribution in [0, 0.1) is 11.6 Å². The fourth-order valence-electron chi connectivity index (χ4n) is 2.72. The first kappa shape index (κ1) is 19.2. The molecule has 0 spiro atoms. The summed E-state index contributed by atoms with van der Waals surface area (Å²) >= 11 is 0. The van der Waals surface area contributed by atoms with Crippen LogP contribution in [0.25, 0.3) is 11.1 Å². The number of hydrogen-bond donors (Lipinski definition) is 2. The molecule has 0 heterocycles. The molecule has 1 amide bonds. The highest BCUT2D eigenvalue weighted by Crippen LogP contribution is 2.31. The molecular formula is C21H17F2NO4. The molecule has 0 atom stereocenters. The number of phenolic OH excluding ortho intramolecular Hbond substituents is 1. The molecule has 0 bridgehead atoms. The van der Waals surface area contributed by atoms with Crippen LogP contribution in [0.5, 0.6) is 17.2 Å². The minimum Gasteiger partial charge on any atom is -0.507 e. The van der Waals surface area contributed by atoms with Gasteiger partial charge in [0.15, 0.2) is 11.5 Å². The molecule has 3 aromatic rings. The van der Waals surface area contributed by atoms with E-state index in [2.05, 4.69) is 5.32 Å². The number of rotatable bonds is 5. The lowest BCUT2D eigenvalue weighted by molar-refractivity contribution is 0.102. The molecule has 2 N–H and O–H groups in total. The summed E-state index contributed by atoms with van der Waals surface area (Å²) < 4.78 is 37.5. The predicted octanol–water partition coefficient (Wildman–Crippen LogP) is 4.61. The smallest absolute Gasteiger partial charge is 0.259 e. The molecule has 0 aliphatic carbocycles. The van der Waals surface area contributed by atoms with Gasteiger partial charge in [0, 0.05) is 23.4 Å². The van der Waals surface area contributed by atoms with Gasteiger partial charge in [0.25, 0.3) is 5.91 Å². The van der Waals surface area contributed by atoms with E-state index >= 15 is 0 Å². The van der Waals surface area contributed by atoms with Crippen LogP contribution in [-0.2, 0) is 0 Å². The van der Waals surface area contributed by atoms with Gasteiger partial charge in [0.05, 0.1) is 19.8 Å². The molecule has 0 fully saturated rings. The summed E-state index contributed by atoms with van der Waals surface area (Å²) in [7, 11) is 2.96. The number of hydrogen-bond acceptors (Lipinski definition) is 4. The second-order valence-corrected chi connectivity index (χ2v) is 5.88. The molecule has 7 heteroatoms. The molecule has 5 nitrogen and oxygen atoms in total. The number of anilines is 1. The highest BCUT2D eigenvalue weighted by Gasteiger charge is 2.16. The zero-order valence-corrected chi connectivity index (χ0v) is 15.1. The average Bonchev–Trinajstić information content (AvgIpc) is 2.68. The maximum Gasteiger partial charge on any atom is 0.259 e. The lowest BCUT2D eigenvalue weighted by Gasteiger charge is -2.12. The highest BCUT2D eigenvalue weighted by molar-refractivity contribution is 6.07. The summed E-state index contributed by atoms with van der Waals surface area (Å²) in [6.07, 6.45) is 0. The zero-order chi connectivity index (χ0) is 20.3. The second kappa shape index (κ2) is 7.96. The Balaban J connectivity index is 1.92. The van der Waals surface area contributed by atoms with Gasteiger partial charge in [-0.25, -0.2) is 8.78 Å². The van der Waals surface area contributed by atoms with Gasteiger partial charge in [0.2, 0.25) is 0 Å². The number of phenols is 1. The van der Waals surface area contributed by atoms with E-state index in [0.717, 1.165) is 12.1 Å². The van der Waals surface area contributed by atoms with Gasteiger partial charge < -0.3 is 19.9 Å². The summed E-state index contributed by atoms with van der Waals surface area (Å²) in [5.74, 6) is -1.43. The van der Waals surface area contributed by atoms with E-state index in [9.17, 15) is 18.7 Å². The summed E-state index contributed by atoms with van der Waals surface area (Å²) in [6, 6.07) is 12.0. The van der Waals surface area contributed by atoms with Gasteiger partial charge >= 0.3 is 0 Å². The molecule has 3 aromatic carbocycles. The number of amides is 1. The predicted molar refractivity (Wildman–Crippen MR) is 101 cm³/mol. The van der Waals surface area contributed by atoms with Crippen molar-refractivity contribution in [1.29, 1.82) is 0 Å². The molecule has 0 aliphatic heterocycles. The van der Waals surface area contributed by atoms with E-state index in [1.165, 1.54) is 38.5 Å². The van der Waals surface area contributed by atoms with E-state index in [-0.39, 0.29) is 16.9 Å². The third-order valence-electron chi connectivity index (χ3n) is 4.12. The topological polar surface area (TPSA) is 67.8 Å². The lowest BCUT2D eigenvalue weighted by atomic mass is 10.0. The van der Waals surface area contributed by atoms with Crippen molar-refractivity contribution in [3.63, 3.8) is 0 Å². The fraction of sp³-hybridized carbons (Fsp3) is 0.0952. The molecule has 3 rings (SSSR count). The Labute approximate surface area is 160 Å². The van der Waals surface area contributed by atoms with Gasteiger partial charge in [0.1, 0.15) is 17.4 Å². The molecule has 0 aliphatic rings. The van der Waals surface area contributed by atoms with Crippen molar-refractivity contribution < 1.29 is 28.2 Å². The van der Waals surface area contributed by atoms with Crippen molar-refractivity contribution in [3.8, 4) is 28.4 Å². The Morgan fingerprint density at radius 1 is 0.929 bits per heavy atom. The zero-order valence-electron chi connectivity index (χ0n) is 15.1. The van der Waals surface area contributed by atoms with Crippen molar-refractivity contribution in [1.82, 2.24) is 0 Å². The maximum atomic E-state index is 14.0. The first-order chi connectivity index (χ1) is 13.4. The van der Waals surface area contributed by atoms with Gasteiger partial charge in [-0.1, -0.05) is 6.07 Å². The summed E-state index contributed by atoms with van der Waals surface area (Å²) in [5.41, 5.74) is 0.797. The standard InChI is InChI=1S/C21H17F2NO4/c1-27-19-8-5-14(11-20(19)28-2)24-21(26)16-9-12(3-7-18(16)25)15-6-4-13(22)10-17(15)23/h3-11,25H,1-2H3,(H,24,26). The maximum absolute atomic E-state index is 14.0. The number of methoxy groups -OCH3 is 2. The van der Waals surface area contributed by atoms with E-state index in [1.54, 1.807) is 18.2 Å². The van der Waals surface area contributed by atoms with Crippen LogP contribution in [-0.4, -0.2) is 25.2 Å². The summed E-state index contributed by atoms with van der Waals surface area (Å²) in [6.45, 7) is 0. The number of halogens is 2. The van der Waals surface area contributed by atoms with Crippen molar-refractivity contribution in [3.05, 3.63) is 71.8 Å². The Bertz CT molecular complexity index is 1040. The monoisotopic (exact) mass is 385 g/mol. The van der Waals surface area contributed by atoms with Gasteiger partial charge in [-0.3, -0.25) is 4.79 Å². The fourth-order valence-corrected chi connectivity index (χ4v) is 2.72. The van der Waals surface area contributed by atoms with Gasteiger partial charge in [-0.05, 0) is 42.0 Å². The molecule has 28 heavy (non-hydrogen) atoms. The van der Waals surface area contributed by atoms with Crippen molar-refractivity contribution in [2.75, 3.05) is 19.5 Å². The lowest BCUT2D eigenvalue weighted by Crippen LogP contribution is -2.12. The molecule has 0 saturated heterocycles. The van der Waals surface area contributed by atoms with Crippen LogP contribution < -0.4 is 14.8 Å². The first-order valence-corrected chi connectivity index (χ1v) is 8.24. The Morgan fingerprint density at radius 2 is 1.68 bits per heavy atom. The molecule has 0 unspecified atom stereocenters. The number of benzene rings is 3. The van der Waals surface area contributed by atoms with E-state index in [1.807, 2.05) is 0 Å². The van der Waals surface area contributed by atoms with Crippen LogP contribution in [0.3, 0.4) is 0 Å². The number of carbonyl (C=O) groups is 1. The minimum atomic E-state index is -0.767. The van der Waals surface area contributed by atoms with E-state index in [4.69, 9.17) is 9.47 Å². The van der Waals surface area contributed by atoms with Crippen LogP contribution >= 0.6 is 0 Å². The molecule has 0 radical (unpaired) electrons. The van der Waals surface area contributed by atoms with Crippen molar-refractivity contribution in [2.45, 2.75) is 0 Å². The van der Waals surface area contributed by atoms with E-state index in [0.29, 0.717) is 22.7 Å². The number of aromatic hydroxyl groups is 1. The normalized spacial score (nSPS) is 10.4.